The van der Waals surface area contributed by atoms with Crippen molar-refractivity contribution in [1.82, 2.24) is 9.97 Å². The maximum atomic E-state index is 11.6. The molecular formula is C11H14N4O2S2. The van der Waals surface area contributed by atoms with E-state index >= 15 is 0 Å². The molecule has 0 spiro atoms. The molecule has 19 heavy (non-hydrogen) atoms. The van der Waals surface area contributed by atoms with Crippen LogP contribution in [0.15, 0.2) is 10.1 Å². The first kappa shape index (κ1) is 15.6. The molecule has 102 valence electrons. The van der Waals surface area contributed by atoms with E-state index in [1.54, 1.807) is 20.1 Å². The van der Waals surface area contributed by atoms with Crippen LogP contribution < -0.4 is 5.73 Å². The number of rotatable bonds is 5. The molecule has 1 heterocycles. The van der Waals surface area contributed by atoms with Crippen molar-refractivity contribution in [3.8, 4) is 6.07 Å². The predicted octanol–water partition coefficient (Wildman–Crippen LogP) is 1.70. The van der Waals surface area contributed by atoms with Crippen molar-refractivity contribution in [1.29, 1.82) is 5.26 Å². The number of aromatic nitrogens is 2. The molecule has 1 aromatic heterocycles. The zero-order chi connectivity index (χ0) is 14.4. The highest BCUT2D eigenvalue weighted by atomic mass is 32.2. The Morgan fingerprint density at radius 1 is 1.53 bits per heavy atom. The van der Waals surface area contributed by atoms with E-state index in [-0.39, 0.29) is 11.9 Å². The molecule has 0 bridgehead atoms. The van der Waals surface area contributed by atoms with Crippen molar-refractivity contribution in [3.05, 3.63) is 5.56 Å². The van der Waals surface area contributed by atoms with Gasteiger partial charge >= 0.3 is 5.97 Å². The number of hydrogen-bond acceptors (Lipinski definition) is 8. The number of nitrogens with zero attached hydrogens (tertiary/aromatic N) is 3. The zero-order valence-electron chi connectivity index (χ0n) is 10.8. The maximum Gasteiger partial charge on any atom is 0.319 e. The predicted molar refractivity (Wildman–Crippen MR) is 74.9 cm³/mol. The van der Waals surface area contributed by atoms with Gasteiger partial charge in [-0.1, -0.05) is 11.8 Å². The number of carbonyl (C=O) groups is 1. The van der Waals surface area contributed by atoms with Crippen molar-refractivity contribution >= 4 is 35.4 Å². The minimum atomic E-state index is -0.462. The molecule has 2 N–H and O–H groups in total. The molecule has 0 aliphatic rings. The fraction of sp³-hybridized carbons (Fsp3) is 0.455. The molecule has 0 aliphatic heterocycles. The number of anilines is 1. The van der Waals surface area contributed by atoms with Crippen molar-refractivity contribution in [2.45, 2.75) is 29.1 Å². The Morgan fingerprint density at radius 2 is 2.16 bits per heavy atom. The quantitative estimate of drug-likeness (QED) is 0.498. The third kappa shape index (κ3) is 4.01. The van der Waals surface area contributed by atoms with Gasteiger partial charge in [0.05, 0.1) is 6.61 Å². The van der Waals surface area contributed by atoms with Crippen LogP contribution in [0.4, 0.5) is 5.95 Å². The summed E-state index contributed by atoms with van der Waals surface area (Å²) in [7, 11) is 0. The van der Waals surface area contributed by atoms with Gasteiger partial charge in [0, 0.05) is 0 Å². The van der Waals surface area contributed by atoms with Crippen LogP contribution in [0.2, 0.25) is 0 Å². The molecule has 0 unspecified atom stereocenters. The molecule has 1 aromatic rings. The largest absolute Gasteiger partial charge is 0.465 e. The Morgan fingerprint density at radius 3 is 2.68 bits per heavy atom. The normalized spacial score (nSPS) is 11.7. The first-order valence-corrected chi connectivity index (χ1v) is 7.58. The Balaban J connectivity index is 3.04. The van der Waals surface area contributed by atoms with Gasteiger partial charge in [-0.15, -0.1) is 11.8 Å². The van der Waals surface area contributed by atoms with Gasteiger partial charge in [0.25, 0.3) is 0 Å². The maximum absolute atomic E-state index is 11.6. The summed E-state index contributed by atoms with van der Waals surface area (Å²) >= 11 is 2.46. The highest BCUT2D eigenvalue weighted by Crippen LogP contribution is 2.30. The van der Waals surface area contributed by atoms with E-state index in [1.165, 1.54) is 11.8 Å². The topological polar surface area (TPSA) is 102 Å². The molecule has 0 aliphatic carbocycles. The van der Waals surface area contributed by atoms with Gasteiger partial charge in [-0.2, -0.15) is 5.26 Å². The van der Waals surface area contributed by atoms with E-state index in [2.05, 4.69) is 9.97 Å². The number of nitrogens with two attached hydrogens (primary N) is 1. The average Bonchev–Trinajstić information content (AvgIpc) is 2.38. The molecule has 0 saturated carbocycles. The van der Waals surface area contributed by atoms with Crippen LogP contribution in [-0.4, -0.2) is 34.0 Å². The van der Waals surface area contributed by atoms with Crippen molar-refractivity contribution in [3.63, 3.8) is 0 Å². The fourth-order valence-corrected chi connectivity index (χ4v) is 2.74. The van der Waals surface area contributed by atoms with E-state index in [4.69, 9.17) is 15.7 Å². The first-order chi connectivity index (χ1) is 9.03. The second-order valence-corrected chi connectivity index (χ2v) is 5.52. The number of nitrogen functional groups attached to an aromatic ring is 1. The third-order valence-electron chi connectivity index (χ3n) is 2.07. The third-order valence-corrected chi connectivity index (χ3v) is 3.82. The van der Waals surface area contributed by atoms with Gasteiger partial charge < -0.3 is 10.5 Å². The van der Waals surface area contributed by atoms with Gasteiger partial charge in [-0.25, -0.2) is 9.97 Å². The number of hydrogen-bond donors (Lipinski definition) is 1. The van der Waals surface area contributed by atoms with Crippen LogP contribution in [0.3, 0.4) is 0 Å². The fourth-order valence-electron chi connectivity index (χ4n) is 1.24. The Bertz CT molecular complexity index is 516. The highest BCUT2D eigenvalue weighted by molar-refractivity contribution is 8.00. The average molecular weight is 298 g/mol. The van der Waals surface area contributed by atoms with E-state index in [0.29, 0.717) is 22.2 Å². The van der Waals surface area contributed by atoms with Gasteiger partial charge in [0.2, 0.25) is 5.95 Å². The van der Waals surface area contributed by atoms with E-state index in [0.717, 1.165) is 11.8 Å². The molecule has 0 fully saturated rings. The standard InChI is InChI=1S/C11H14N4O2S2/c1-4-17-10(16)6(2)19-9-7(5-12)8(18-3)14-11(13)15-9/h6H,4H2,1-3H3,(H2,13,14,15)/t6-/m0/s1. The van der Waals surface area contributed by atoms with Crippen molar-refractivity contribution < 1.29 is 9.53 Å². The summed E-state index contributed by atoms with van der Waals surface area (Å²) in [6.45, 7) is 3.75. The summed E-state index contributed by atoms with van der Waals surface area (Å²) in [6.07, 6.45) is 1.80. The van der Waals surface area contributed by atoms with Crippen LogP contribution in [0.25, 0.3) is 0 Å². The first-order valence-electron chi connectivity index (χ1n) is 5.48. The van der Waals surface area contributed by atoms with E-state index in [9.17, 15) is 4.79 Å². The molecule has 6 nitrogen and oxygen atoms in total. The summed E-state index contributed by atoms with van der Waals surface area (Å²) in [6, 6.07) is 2.04. The van der Waals surface area contributed by atoms with Gasteiger partial charge in [0.1, 0.15) is 26.9 Å². The molecular weight excluding hydrogens is 284 g/mol. The second-order valence-electron chi connectivity index (χ2n) is 3.40. The number of ether oxygens (including phenoxy) is 1. The van der Waals surface area contributed by atoms with Gasteiger partial charge in [-0.05, 0) is 20.1 Å². The monoisotopic (exact) mass is 298 g/mol. The minimum Gasteiger partial charge on any atom is -0.465 e. The summed E-state index contributed by atoms with van der Waals surface area (Å²) in [4.78, 5) is 19.6. The number of carbonyl (C=O) groups excluding carboxylic acids is 1. The SMILES string of the molecule is CCOC(=O)[C@H](C)Sc1nc(N)nc(SC)c1C#N. The zero-order valence-corrected chi connectivity index (χ0v) is 12.5. The Labute approximate surface area is 120 Å². The van der Waals surface area contributed by atoms with Crippen LogP contribution >= 0.6 is 23.5 Å². The van der Waals surface area contributed by atoms with Crippen LogP contribution in [0, 0.1) is 11.3 Å². The summed E-state index contributed by atoms with van der Waals surface area (Å²) in [5, 5.41) is 9.61. The Kier molecular flexibility index (Phi) is 5.92. The lowest BCUT2D eigenvalue weighted by Gasteiger charge is -2.11. The number of nitriles is 1. The van der Waals surface area contributed by atoms with Crippen molar-refractivity contribution in [2.75, 3.05) is 18.6 Å². The molecule has 1 rings (SSSR count). The lowest BCUT2D eigenvalue weighted by atomic mass is 10.4. The second kappa shape index (κ2) is 7.21. The highest BCUT2D eigenvalue weighted by Gasteiger charge is 2.21. The molecule has 0 saturated heterocycles. The van der Waals surface area contributed by atoms with Gasteiger partial charge in [0.15, 0.2) is 0 Å². The molecule has 0 radical (unpaired) electrons. The molecule has 0 aromatic carbocycles. The molecule has 0 amide bonds. The minimum absolute atomic E-state index is 0.0851. The molecule has 1 atom stereocenters. The number of esters is 1. The lowest BCUT2D eigenvalue weighted by Crippen LogP contribution is -2.17. The van der Waals surface area contributed by atoms with Crippen LogP contribution in [-0.2, 0) is 9.53 Å². The van der Waals surface area contributed by atoms with Gasteiger partial charge in [-0.3, -0.25) is 4.79 Å². The Hall–Kier alpha value is -1.46. The lowest BCUT2D eigenvalue weighted by molar-refractivity contribution is -0.142. The number of thioether (sulfide) groups is 2. The van der Waals surface area contributed by atoms with E-state index < -0.39 is 5.25 Å². The van der Waals surface area contributed by atoms with Crippen LogP contribution in [0.5, 0.6) is 0 Å². The van der Waals surface area contributed by atoms with Crippen LogP contribution in [0.1, 0.15) is 19.4 Å². The van der Waals surface area contributed by atoms with E-state index in [1.807, 2.05) is 6.07 Å². The molecule has 8 heteroatoms. The summed E-state index contributed by atoms with van der Waals surface area (Å²) in [5.74, 6) is -0.263. The summed E-state index contributed by atoms with van der Waals surface area (Å²) in [5.41, 5.74) is 5.93. The smallest absolute Gasteiger partial charge is 0.319 e. The summed E-state index contributed by atoms with van der Waals surface area (Å²) < 4.78 is 4.91. The van der Waals surface area contributed by atoms with Crippen molar-refractivity contribution in [2.24, 2.45) is 0 Å².